The van der Waals surface area contributed by atoms with Crippen molar-refractivity contribution in [2.75, 3.05) is 5.73 Å². The zero-order valence-electron chi connectivity index (χ0n) is 15.4. The van der Waals surface area contributed by atoms with E-state index in [0.29, 0.717) is 24.7 Å². The van der Waals surface area contributed by atoms with Crippen molar-refractivity contribution >= 4 is 17.6 Å². The summed E-state index contributed by atoms with van der Waals surface area (Å²) in [7, 11) is 0. The van der Waals surface area contributed by atoms with Crippen LogP contribution >= 0.6 is 0 Å². The fourth-order valence-electron chi connectivity index (χ4n) is 2.31. The van der Waals surface area contributed by atoms with Crippen LogP contribution in [0.2, 0.25) is 0 Å². The van der Waals surface area contributed by atoms with E-state index in [1.807, 2.05) is 62.4 Å². The highest BCUT2D eigenvalue weighted by molar-refractivity contribution is 5.43. The van der Waals surface area contributed by atoms with Crippen molar-refractivity contribution in [3.8, 4) is 0 Å². The number of anilines is 1. The van der Waals surface area contributed by atoms with Gasteiger partial charge in [0.05, 0.1) is 13.1 Å². The highest BCUT2D eigenvalue weighted by Crippen LogP contribution is 2.19. The van der Waals surface area contributed by atoms with Gasteiger partial charge in [0.1, 0.15) is 0 Å². The Bertz CT molecular complexity index is 869. The van der Waals surface area contributed by atoms with E-state index in [9.17, 15) is 0 Å². The smallest absolute Gasteiger partial charge is 0.224 e. The minimum absolute atomic E-state index is 0.0890. The summed E-state index contributed by atoms with van der Waals surface area (Å²) in [5.41, 5.74) is 10.3. The molecular formula is C20H21N7. The van der Waals surface area contributed by atoms with Crippen LogP contribution < -0.4 is 5.73 Å². The van der Waals surface area contributed by atoms with Gasteiger partial charge in [-0.05, 0) is 25.0 Å². The minimum atomic E-state index is 0.0890. The summed E-state index contributed by atoms with van der Waals surface area (Å²) in [6, 6.07) is 17.9. The molecule has 0 aliphatic rings. The normalized spacial score (nSPS) is 11.5. The number of aryl methyl sites for hydroxylation is 2. The van der Waals surface area contributed by atoms with Gasteiger partial charge in [-0.1, -0.05) is 59.7 Å². The largest absolute Gasteiger partial charge is 0.368 e. The second kappa shape index (κ2) is 8.75. The van der Waals surface area contributed by atoms with Crippen molar-refractivity contribution in [1.82, 2.24) is 9.97 Å². The maximum absolute atomic E-state index is 5.73. The molecule has 0 atom stereocenters. The van der Waals surface area contributed by atoms with Gasteiger partial charge < -0.3 is 5.73 Å². The van der Waals surface area contributed by atoms with Crippen LogP contribution in [0.5, 0.6) is 0 Å². The fraction of sp³-hybridized carbons (Fsp3) is 0.200. The topological polar surface area (TPSA) is 101 Å². The Hall–Kier alpha value is -3.48. The molecule has 2 N–H and O–H groups in total. The lowest BCUT2D eigenvalue weighted by atomic mass is 10.2. The molecule has 1 heterocycles. The standard InChI is InChI=1S/C20H21N7/c1-14-3-7-16(8-4-14)12-22-26-18-11-19(25-20(21)24-18)27-23-13-17-9-5-15(2)6-10-17/h3-11H,12-13H2,1-2H3,(H2,21,24,25). The Labute approximate surface area is 158 Å². The van der Waals surface area contributed by atoms with Crippen LogP contribution in [0.15, 0.2) is 75.1 Å². The molecule has 0 saturated carbocycles. The summed E-state index contributed by atoms with van der Waals surface area (Å²) >= 11 is 0. The molecule has 7 heteroatoms. The third kappa shape index (κ3) is 5.78. The second-order valence-corrected chi connectivity index (χ2v) is 6.21. The SMILES string of the molecule is Cc1ccc(CN=Nc2cc(N=NCc3ccc(C)cc3)nc(N)n2)cc1. The van der Waals surface area contributed by atoms with E-state index < -0.39 is 0 Å². The van der Waals surface area contributed by atoms with E-state index in [-0.39, 0.29) is 5.95 Å². The third-order valence-corrected chi connectivity index (χ3v) is 3.81. The second-order valence-electron chi connectivity index (χ2n) is 6.21. The molecule has 0 bridgehead atoms. The summed E-state index contributed by atoms with van der Waals surface area (Å²) in [6.45, 7) is 5.02. The maximum atomic E-state index is 5.73. The molecule has 0 aliphatic carbocycles. The monoisotopic (exact) mass is 359 g/mol. The average molecular weight is 359 g/mol. The molecule has 0 spiro atoms. The molecule has 2 aromatic carbocycles. The summed E-state index contributed by atoms with van der Waals surface area (Å²) < 4.78 is 0. The lowest BCUT2D eigenvalue weighted by molar-refractivity contribution is 0.927. The number of nitrogen functional groups attached to an aromatic ring is 1. The van der Waals surface area contributed by atoms with Crippen LogP contribution in [0.3, 0.4) is 0 Å². The Morgan fingerprint density at radius 1 is 0.704 bits per heavy atom. The molecule has 1 aromatic heterocycles. The number of nitrogens with zero attached hydrogens (tertiary/aromatic N) is 6. The first kappa shape index (κ1) is 18.3. The molecule has 3 aromatic rings. The van der Waals surface area contributed by atoms with Crippen molar-refractivity contribution in [3.63, 3.8) is 0 Å². The summed E-state index contributed by atoms with van der Waals surface area (Å²) in [6.07, 6.45) is 0. The average Bonchev–Trinajstić information content (AvgIpc) is 2.65. The van der Waals surface area contributed by atoms with Crippen LogP contribution in [0.1, 0.15) is 22.3 Å². The molecule has 0 aliphatic heterocycles. The number of hydrogen-bond acceptors (Lipinski definition) is 7. The van der Waals surface area contributed by atoms with Gasteiger partial charge in [-0.3, -0.25) is 0 Å². The predicted octanol–water partition coefficient (Wildman–Crippen LogP) is 5.24. The summed E-state index contributed by atoms with van der Waals surface area (Å²) in [5.74, 6) is 0.809. The van der Waals surface area contributed by atoms with Crippen molar-refractivity contribution in [2.45, 2.75) is 26.9 Å². The van der Waals surface area contributed by atoms with E-state index in [1.54, 1.807) is 6.07 Å². The maximum Gasteiger partial charge on any atom is 0.224 e. The van der Waals surface area contributed by atoms with Crippen LogP contribution in [0, 0.1) is 13.8 Å². The van der Waals surface area contributed by atoms with E-state index in [1.165, 1.54) is 11.1 Å². The van der Waals surface area contributed by atoms with Gasteiger partial charge in [-0.25, -0.2) is 0 Å². The quantitative estimate of drug-likeness (QED) is 0.608. The molecular weight excluding hydrogens is 338 g/mol. The van der Waals surface area contributed by atoms with Gasteiger partial charge >= 0.3 is 0 Å². The molecule has 0 radical (unpaired) electrons. The van der Waals surface area contributed by atoms with Crippen LogP contribution in [0.25, 0.3) is 0 Å². The van der Waals surface area contributed by atoms with Gasteiger partial charge in [-0.2, -0.15) is 20.2 Å². The Balaban J connectivity index is 1.64. The summed E-state index contributed by atoms with van der Waals surface area (Å²) in [4.78, 5) is 8.12. The van der Waals surface area contributed by atoms with E-state index >= 15 is 0 Å². The Morgan fingerprint density at radius 3 is 1.52 bits per heavy atom. The van der Waals surface area contributed by atoms with Gasteiger partial charge in [0.2, 0.25) is 5.95 Å². The molecule has 3 rings (SSSR count). The van der Waals surface area contributed by atoms with E-state index in [0.717, 1.165) is 11.1 Å². The Kier molecular flexibility index (Phi) is 5.94. The molecule has 7 nitrogen and oxygen atoms in total. The van der Waals surface area contributed by atoms with Crippen molar-refractivity contribution in [2.24, 2.45) is 20.5 Å². The molecule has 0 unspecified atom stereocenters. The molecule has 0 saturated heterocycles. The number of benzene rings is 2. The van der Waals surface area contributed by atoms with Gasteiger partial charge in [0, 0.05) is 6.07 Å². The zero-order valence-corrected chi connectivity index (χ0v) is 15.4. The van der Waals surface area contributed by atoms with Gasteiger partial charge in [-0.15, -0.1) is 10.2 Å². The third-order valence-electron chi connectivity index (χ3n) is 3.81. The lowest BCUT2D eigenvalue weighted by Gasteiger charge is -1.99. The van der Waals surface area contributed by atoms with Crippen molar-refractivity contribution < 1.29 is 0 Å². The van der Waals surface area contributed by atoms with Gasteiger partial charge in [0.15, 0.2) is 11.6 Å². The number of aromatic nitrogens is 2. The lowest BCUT2D eigenvalue weighted by Crippen LogP contribution is -1.93. The molecule has 0 amide bonds. The first-order chi connectivity index (χ1) is 13.1. The van der Waals surface area contributed by atoms with Crippen molar-refractivity contribution in [3.05, 3.63) is 76.9 Å². The fourth-order valence-corrected chi connectivity index (χ4v) is 2.31. The van der Waals surface area contributed by atoms with Crippen molar-refractivity contribution in [1.29, 1.82) is 0 Å². The Morgan fingerprint density at radius 2 is 1.11 bits per heavy atom. The minimum Gasteiger partial charge on any atom is -0.368 e. The first-order valence-corrected chi connectivity index (χ1v) is 8.59. The highest BCUT2D eigenvalue weighted by Gasteiger charge is 2.01. The molecule has 0 fully saturated rings. The highest BCUT2D eigenvalue weighted by atomic mass is 15.2. The summed E-state index contributed by atoms with van der Waals surface area (Å²) in [5, 5.41) is 16.6. The van der Waals surface area contributed by atoms with Crippen LogP contribution in [-0.2, 0) is 13.1 Å². The van der Waals surface area contributed by atoms with E-state index in [2.05, 4.69) is 30.4 Å². The number of nitrogens with two attached hydrogens (primary N) is 1. The molecule has 136 valence electrons. The molecule has 27 heavy (non-hydrogen) atoms. The number of rotatable bonds is 6. The number of azo groups is 2. The number of hydrogen-bond donors (Lipinski definition) is 1. The van der Waals surface area contributed by atoms with E-state index in [4.69, 9.17) is 5.73 Å². The first-order valence-electron chi connectivity index (χ1n) is 8.59. The zero-order chi connectivity index (χ0) is 19.1. The van der Waals surface area contributed by atoms with Gasteiger partial charge in [0.25, 0.3) is 0 Å². The van der Waals surface area contributed by atoms with Crippen LogP contribution in [-0.4, -0.2) is 9.97 Å². The van der Waals surface area contributed by atoms with Crippen LogP contribution in [0.4, 0.5) is 17.6 Å². The predicted molar refractivity (Wildman–Crippen MR) is 105 cm³/mol.